The third-order valence-corrected chi connectivity index (χ3v) is 5.82. The number of terminal acetylenes is 2. The second-order valence-electron chi connectivity index (χ2n) is 8.28. The first-order chi connectivity index (χ1) is 17.7. The molecule has 2 unspecified atom stereocenters. The summed E-state index contributed by atoms with van der Waals surface area (Å²) >= 11 is 0. The molecule has 190 valence electrons. The molecule has 0 spiro atoms. The molecule has 0 aliphatic heterocycles. The molecule has 0 fully saturated rings. The molecule has 8 N–H and O–H groups in total. The van der Waals surface area contributed by atoms with E-state index >= 15 is 0 Å². The lowest BCUT2D eigenvalue weighted by molar-refractivity contribution is -0.138. The molecule has 0 aliphatic carbocycles. The third-order valence-electron chi connectivity index (χ3n) is 5.82. The highest BCUT2D eigenvalue weighted by Crippen LogP contribution is 2.29. The van der Waals surface area contributed by atoms with Crippen LogP contribution >= 0.6 is 0 Å². The first kappa shape index (κ1) is 27.2. The number of rotatable bonds is 10. The maximum atomic E-state index is 12.8. The smallest absolute Gasteiger partial charge is 0.273 e. The largest absolute Gasteiger partial charge is 0.457 e. The molecule has 0 bridgehead atoms. The average molecular weight is 501 g/mol. The maximum Gasteiger partial charge on any atom is 0.273 e. The van der Waals surface area contributed by atoms with Gasteiger partial charge in [-0.25, -0.2) is 0 Å². The molecular weight excluding hydrogens is 472 g/mol. The lowest BCUT2D eigenvalue weighted by atomic mass is 10.00. The summed E-state index contributed by atoms with van der Waals surface area (Å²) in [7, 11) is 0. The summed E-state index contributed by atoms with van der Waals surface area (Å²) in [5.74, 6) is 1.36. The Bertz CT molecular complexity index is 1230. The summed E-state index contributed by atoms with van der Waals surface area (Å²) in [5.41, 5.74) is 9.47. The van der Waals surface area contributed by atoms with Crippen LogP contribution in [0.3, 0.4) is 0 Å². The monoisotopic (exact) mass is 500 g/mol. The summed E-state index contributed by atoms with van der Waals surface area (Å²) in [6, 6.07) is 16.7. The molecule has 0 radical (unpaired) electrons. The van der Waals surface area contributed by atoms with Gasteiger partial charge in [0.1, 0.15) is 0 Å². The van der Waals surface area contributed by atoms with Crippen LogP contribution < -0.4 is 22.1 Å². The highest BCUT2D eigenvalue weighted by Gasteiger charge is 2.44. The molecule has 0 saturated carbocycles. The maximum absolute atomic E-state index is 12.8. The number of carbonyl (C=O) groups excluding carboxylic acids is 2. The predicted molar refractivity (Wildman–Crippen MR) is 137 cm³/mol. The number of furan rings is 1. The van der Waals surface area contributed by atoms with Crippen molar-refractivity contribution in [1.29, 1.82) is 0 Å². The van der Waals surface area contributed by atoms with Crippen molar-refractivity contribution in [3.8, 4) is 24.7 Å². The summed E-state index contributed by atoms with van der Waals surface area (Å²) in [4.78, 5) is 25.6. The average Bonchev–Trinajstić information content (AvgIpc) is 3.45. The van der Waals surface area contributed by atoms with Gasteiger partial charge in [-0.05, 0) is 34.4 Å². The summed E-state index contributed by atoms with van der Waals surface area (Å²) in [6.07, 6.45) is 10.9. The van der Waals surface area contributed by atoms with E-state index in [-0.39, 0.29) is 24.6 Å². The van der Waals surface area contributed by atoms with Crippen LogP contribution in [0.25, 0.3) is 0 Å². The quantitative estimate of drug-likeness (QED) is 0.220. The topological polar surface area (TPSA) is 164 Å². The third kappa shape index (κ3) is 5.89. The molecule has 37 heavy (non-hydrogen) atoms. The van der Waals surface area contributed by atoms with Gasteiger partial charge in [-0.2, -0.15) is 0 Å². The zero-order valence-electron chi connectivity index (χ0n) is 20.0. The minimum absolute atomic E-state index is 0.0736. The van der Waals surface area contributed by atoms with Gasteiger partial charge in [-0.3, -0.25) is 9.59 Å². The van der Waals surface area contributed by atoms with Crippen molar-refractivity contribution in [3.63, 3.8) is 0 Å². The van der Waals surface area contributed by atoms with E-state index < -0.39 is 23.0 Å². The molecular formula is C28H28N4O5. The van der Waals surface area contributed by atoms with E-state index in [1.54, 1.807) is 24.3 Å². The second kappa shape index (κ2) is 11.6. The standard InChI is InChI=1S/C28H28N4O5/c1-3-27(35,25(33)31-17-21-9-5-19(15-29)6-10-21)23-13-14-24(37-23)28(36,4-2)26(34)32-18-22-11-7-20(16-30)8-12-22/h1-2,5-14,35-36H,15-18,29-30H2,(H,31,33)(H,32,34). The van der Waals surface area contributed by atoms with Crippen LogP contribution in [0.5, 0.6) is 0 Å². The summed E-state index contributed by atoms with van der Waals surface area (Å²) in [6.45, 7) is 0.914. The fourth-order valence-electron chi connectivity index (χ4n) is 3.43. The second-order valence-corrected chi connectivity index (χ2v) is 8.28. The molecule has 1 heterocycles. The van der Waals surface area contributed by atoms with Crippen molar-refractivity contribution in [3.05, 3.63) is 94.4 Å². The Hall–Kier alpha value is -4.38. The van der Waals surface area contributed by atoms with Crippen molar-refractivity contribution < 1.29 is 24.2 Å². The number of amides is 2. The van der Waals surface area contributed by atoms with Gasteiger partial charge in [0.25, 0.3) is 23.0 Å². The van der Waals surface area contributed by atoms with Crippen molar-refractivity contribution >= 4 is 11.8 Å². The van der Waals surface area contributed by atoms with Gasteiger partial charge in [-0.15, -0.1) is 12.8 Å². The highest BCUT2D eigenvalue weighted by molar-refractivity contribution is 5.90. The zero-order valence-corrected chi connectivity index (χ0v) is 20.0. The van der Waals surface area contributed by atoms with Gasteiger partial charge >= 0.3 is 0 Å². The Morgan fingerprint density at radius 1 is 0.703 bits per heavy atom. The van der Waals surface area contributed by atoms with Crippen molar-refractivity contribution in [2.45, 2.75) is 37.4 Å². The van der Waals surface area contributed by atoms with Crippen molar-refractivity contribution in [1.82, 2.24) is 10.6 Å². The van der Waals surface area contributed by atoms with Gasteiger partial charge in [0.05, 0.1) is 0 Å². The first-order valence-corrected chi connectivity index (χ1v) is 11.3. The number of nitrogens with two attached hydrogens (primary N) is 2. The fourth-order valence-corrected chi connectivity index (χ4v) is 3.43. The van der Waals surface area contributed by atoms with E-state index in [1.807, 2.05) is 36.1 Å². The van der Waals surface area contributed by atoms with Crippen LogP contribution in [0, 0.1) is 24.7 Å². The predicted octanol–water partition coefficient (Wildman–Crippen LogP) is 0.471. The number of benzene rings is 2. The van der Waals surface area contributed by atoms with Gasteiger partial charge in [0, 0.05) is 26.2 Å². The summed E-state index contributed by atoms with van der Waals surface area (Å²) in [5, 5.41) is 26.9. The van der Waals surface area contributed by atoms with Gasteiger partial charge in [0.2, 0.25) is 0 Å². The van der Waals surface area contributed by atoms with E-state index in [9.17, 15) is 19.8 Å². The fraction of sp³-hybridized carbons (Fsp3) is 0.214. The van der Waals surface area contributed by atoms with Gasteiger partial charge < -0.3 is 36.7 Å². The van der Waals surface area contributed by atoms with Crippen LogP contribution in [-0.4, -0.2) is 22.0 Å². The Morgan fingerprint density at radius 3 is 1.32 bits per heavy atom. The van der Waals surface area contributed by atoms with Crippen molar-refractivity contribution in [2.75, 3.05) is 0 Å². The van der Waals surface area contributed by atoms with Crippen LogP contribution in [-0.2, 0) is 47.0 Å². The van der Waals surface area contributed by atoms with Crippen LogP contribution in [0.1, 0.15) is 33.8 Å². The van der Waals surface area contributed by atoms with Gasteiger partial charge in [-0.1, -0.05) is 60.4 Å². The molecule has 9 heteroatoms. The minimum atomic E-state index is -2.52. The van der Waals surface area contributed by atoms with E-state index in [2.05, 4.69) is 10.6 Å². The van der Waals surface area contributed by atoms with Crippen LogP contribution in [0.2, 0.25) is 0 Å². The number of hydrogen-bond donors (Lipinski definition) is 6. The normalized spacial score (nSPS) is 13.9. The van der Waals surface area contributed by atoms with E-state index in [4.69, 9.17) is 28.7 Å². The Morgan fingerprint density at radius 2 is 1.03 bits per heavy atom. The molecule has 0 aliphatic rings. The Labute approximate surface area is 214 Å². The molecule has 3 aromatic rings. The zero-order chi connectivity index (χ0) is 27.1. The molecule has 3 rings (SSSR count). The minimum Gasteiger partial charge on any atom is -0.457 e. The molecule has 2 aromatic carbocycles. The van der Waals surface area contributed by atoms with E-state index in [0.717, 1.165) is 22.3 Å². The number of nitrogens with one attached hydrogen (secondary N) is 2. The van der Waals surface area contributed by atoms with E-state index in [1.165, 1.54) is 12.1 Å². The summed E-state index contributed by atoms with van der Waals surface area (Å²) < 4.78 is 5.47. The molecule has 2 amide bonds. The molecule has 2 atom stereocenters. The lowest BCUT2D eigenvalue weighted by Gasteiger charge is -2.21. The number of carbonyl (C=O) groups is 2. The SMILES string of the molecule is C#CC(O)(C(=O)NCc1ccc(CN)cc1)c1ccc(C(O)(C#C)C(=O)NCc2ccc(CN)cc2)o1. The highest BCUT2D eigenvalue weighted by atomic mass is 16.4. The molecule has 0 saturated heterocycles. The van der Waals surface area contributed by atoms with Gasteiger partial charge in [0.15, 0.2) is 11.5 Å². The Balaban J connectivity index is 1.73. The number of hydrogen-bond acceptors (Lipinski definition) is 7. The Kier molecular flexibility index (Phi) is 8.51. The van der Waals surface area contributed by atoms with E-state index in [0.29, 0.717) is 13.1 Å². The first-order valence-electron chi connectivity index (χ1n) is 11.3. The lowest BCUT2D eigenvalue weighted by Crippen LogP contribution is -2.44. The van der Waals surface area contributed by atoms with Crippen LogP contribution in [0.4, 0.5) is 0 Å². The molecule has 1 aromatic heterocycles. The number of aliphatic hydroxyl groups is 2. The molecule has 9 nitrogen and oxygen atoms in total. The van der Waals surface area contributed by atoms with Crippen molar-refractivity contribution in [2.24, 2.45) is 11.5 Å². The van der Waals surface area contributed by atoms with Crippen LogP contribution in [0.15, 0.2) is 65.1 Å².